The van der Waals surface area contributed by atoms with Crippen molar-refractivity contribution in [3.8, 4) is 0 Å². The normalized spacial score (nSPS) is 10.3. The quantitative estimate of drug-likeness (QED) is 0.593. The molecule has 1 amide bonds. The van der Waals surface area contributed by atoms with E-state index in [1.54, 1.807) is 12.1 Å². The lowest BCUT2D eigenvalue weighted by atomic mass is 10.1. The number of rotatable bonds is 7. The topological polar surface area (TPSA) is 75.4 Å². The van der Waals surface area contributed by atoms with Crippen LogP contribution in [0.1, 0.15) is 28.8 Å². The number of primary amides is 1. The second-order valence-electron chi connectivity index (χ2n) is 3.63. The number of amides is 1. The average molecular weight is 222 g/mol. The predicted octanol–water partition coefficient (Wildman–Crippen LogP) is 0.648. The number of nitrogens with two attached hydrogens (primary N) is 1. The molecule has 0 atom stereocenters. The molecule has 0 radical (unpaired) electrons. The van der Waals surface area contributed by atoms with E-state index in [1.165, 1.54) is 0 Å². The summed E-state index contributed by atoms with van der Waals surface area (Å²) in [5.74, 6) is -0.396. The van der Waals surface area contributed by atoms with E-state index in [4.69, 9.17) is 10.8 Å². The molecule has 0 aliphatic heterocycles. The van der Waals surface area contributed by atoms with E-state index < -0.39 is 5.91 Å². The molecular weight excluding hydrogens is 204 g/mol. The highest BCUT2D eigenvalue weighted by molar-refractivity contribution is 5.94. The molecule has 0 spiro atoms. The van der Waals surface area contributed by atoms with E-state index in [1.807, 2.05) is 12.1 Å². The highest BCUT2D eigenvalue weighted by Gasteiger charge is 2.05. The fraction of sp³-hybridized carbons (Fsp3) is 0.417. The molecule has 0 saturated heterocycles. The molecule has 0 aromatic heterocycles. The Kier molecular flexibility index (Phi) is 5.53. The smallest absolute Gasteiger partial charge is 0.249 e. The Morgan fingerprint density at radius 1 is 1.31 bits per heavy atom. The van der Waals surface area contributed by atoms with Crippen LogP contribution in [0.4, 0.5) is 0 Å². The summed E-state index contributed by atoms with van der Waals surface area (Å²) in [6.07, 6.45) is 1.72. The van der Waals surface area contributed by atoms with Gasteiger partial charge in [-0.25, -0.2) is 0 Å². The fourth-order valence-corrected chi connectivity index (χ4v) is 1.50. The Bertz CT molecular complexity index is 340. The summed E-state index contributed by atoms with van der Waals surface area (Å²) in [6.45, 7) is 1.68. The molecule has 0 bridgehead atoms. The summed E-state index contributed by atoms with van der Waals surface area (Å²) < 4.78 is 0. The first-order chi connectivity index (χ1) is 7.75. The van der Waals surface area contributed by atoms with Gasteiger partial charge in [-0.3, -0.25) is 4.79 Å². The van der Waals surface area contributed by atoms with Gasteiger partial charge < -0.3 is 16.2 Å². The number of hydrogen-bond acceptors (Lipinski definition) is 3. The summed E-state index contributed by atoms with van der Waals surface area (Å²) in [6, 6.07) is 7.30. The van der Waals surface area contributed by atoms with Crippen LogP contribution in [0.25, 0.3) is 0 Å². The summed E-state index contributed by atoms with van der Waals surface area (Å²) in [5.41, 5.74) is 6.75. The van der Waals surface area contributed by atoms with Gasteiger partial charge in [0.05, 0.1) is 0 Å². The molecule has 0 saturated carbocycles. The van der Waals surface area contributed by atoms with Crippen molar-refractivity contribution in [2.45, 2.75) is 19.4 Å². The summed E-state index contributed by atoms with van der Waals surface area (Å²) in [7, 11) is 0. The molecule has 0 fully saturated rings. The average Bonchev–Trinajstić information content (AvgIpc) is 2.29. The Morgan fingerprint density at radius 2 is 2.06 bits per heavy atom. The van der Waals surface area contributed by atoms with Gasteiger partial charge in [-0.05, 0) is 31.0 Å². The van der Waals surface area contributed by atoms with Crippen molar-refractivity contribution in [1.82, 2.24) is 5.32 Å². The SMILES string of the molecule is NC(=O)c1ccccc1CNCCCCO. The first-order valence-corrected chi connectivity index (χ1v) is 5.45. The zero-order valence-corrected chi connectivity index (χ0v) is 9.28. The van der Waals surface area contributed by atoms with Gasteiger partial charge in [-0.1, -0.05) is 18.2 Å². The first kappa shape index (κ1) is 12.7. The van der Waals surface area contributed by atoms with Crippen LogP contribution in [0.15, 0.2) is 24.3 Å². The molecular formula is C12H18N2O2. The van der Waals surface area contributed by atoms with Crippen LogP contribution in [0.5, 0.6) is 0 Å². The highest BCUT2D eigenvalue weighted by Crippen LogP contribution is 2.07. The van der Waals surface area contributed by atoms with Gasteiger partial charge in [-0.15, -0.1) is 0 Å². The van der Waals surface area contributed by atoms with Gasteiger partial charge in [0.1, 0.15) is 0 Å². The van der Waals surface area contributed by atoms with Crippen molar-refractivity contribution in [1.29, 1.82) is 0 Å². The minimum atomic E-state index is -0.396. The summed E-state index contributed by atoms with van der Waals surface area (Å²) in [4.78, 5) is 11.1. The largest absolute Gasteiger partial charge is 0.396 e. The molecule has 0 aliphatic carbocycles. The van der Waals surface area contributed by atoms with Crippen LogP contribution in [-0.2, 0) is 6.54 Å². The van der Waals surface area contributed by atoms with Crippen LogP contribution in [-0.4, -0.2) is 24.2 Å². The fourth-order valence-electron chi connectivity index (χ4n) is 1.50. The minimum absolute atomic E-state index is 0.222. The number of unbranched alkanes of at least 4 members (excludes halogenated alkanes) is 1. The molecule has 0 heterocycles. The standard InChI is InChI=1S/C12H18N2O2/c13-12(16)11-6-2-1-5-10(11)9-14-7-3-4-8-15/h1-2,5-6,14-15H,3-4,7-9H2,(H2,13,16). The zero-order chi connectivity index (χ0) is 11.8. The third-order valence-electron chi connectivity index (χ3n) is 2.36. The van der Waals surface area contributed by atoms with Crippen molar-refractivity contribution < 1.29 is 9.90 Å². The molecule has 4 N–H and O–H groups in total. The third-order valence-corrected chi connectivity index (χ3v) is 2.36. The molecule has 0 aliphatic rings. The number of carbonyl (C=O) groups is 1. The lowest BCUT2D eigenvalue weighted by Crippen LogP contribution is -2.19. The van der Waals surface area contributed by atoms with Crippen LogP contribution in [0.3, 0.4) is 0 Å². The first-order valence-electron chi connectivity index (χ1n) is 5.45. The van der Waals surface area contributed by atoms with Gasteiger partial charge in [0, 0.05) is 18.7 Å². The summed E-state index contributed by atoms with van der Waals surface area (Å²) >= 11 is 0. The molecule has 88 valence electrons. The van der Waals surface area contributed by atoms with Crippen molar-refractivity contribution in [3.63, 3.8) is 0 Å². The van der Waals surface area contributed by atoms with Crippen molar-refractivity contribution in [2.75, 3.05) is 13.2 Å². The van der Waals surface area contributed by atoms with E-state index in [0.717, 1.165) is 24.9 Å². The summed E-state index contributed by atoms with van der Waals surface area (Å²) in [5, 5.41) is 11.8. The maximum Gasteiger partial charge on any atom is 0.249 e. The van der Waals surface area contributed by atoms with E-state index >= 15 is 0 Å². The van der Waals surface area contributed by atoms with E-state index in [2.05, 4.69) is 5.32 Å². The van der Waals surface area contributed by atoms with Crippen molar-refractivity contribution in [2.24, 2.45) is 5.73 Å². The highest BCUT2D eigenvalue weighted by atomic mass is 16.2. The van der Waals surface area contributed by atoms with E-state index in [0.29, 0.717) is 12.1 Å². The van der Waals surface area contributed by atoms with E-state index in [9.17, 15) is 4.79 Å². The maximum atomic E-state index is 11.1. The second-order valence-corrected chi connectivity index (χ2v) is 3.63. The lowest BCUT2D eigenvalue weighted by Gasteiger charge is -2.07. The van der Waals surface area contributed by atoms with Gasteiger partial charge in [-0.2, -0.15) is 0 Å². The number of carbonyl (C=O) groups excluding carboxylic acids is 1. The van der Waals surface area contributed by atoms with Gasteiger partial charge in [0.2, 0.25) is 5.91 Å². The second kappa shape index (κ2) is 6.98. The van der Waals surface area contributed by atoms with Gasteiger partial charge in [0.25, 0.3) is 0 Å². The number of nitrogens with one attached hydrogen (secondary N) is 1. The van der Waals surface area contributed by atoms with Crippen molar-refractivity contribution in [3.05, 3.63) is 35.4 Å². The molecule has 1 aromatic carbocycles. The van der Waals surface area contributed by atoms with Crippen LogP contribution in [0.2, 0.25) is 0 Å². The number of hydrogen-bond donors (Lipinski definition) is 3. The lowest BCUT2D eigenvalue weighted by molar-refractivity contribution is 0.0999. The van der Waals surface area contributed by atoms with Crippen molar-refractivity contribution >= 4 is 5.91 Å². The Labute approximate surface area is 95.5 Å². The van der Waals surface area contributed by atoms with Crippen LogP contribution >= 0.6 is 0 Å². The van der Waals surface area contributed by atoms with Crippen LogP contribution < -0.4 is 11.1 Å². The predicted molar refractivity (Wildman–Crippen MR) is 63.0 cm³/mol. The number of aliphatic hydroxyl groups is 1. The minimum Gasteiger partial charge on any atom is -0.396 e. The molecule has 4 nitrogen and oxygen atoms in total. The Balaban J connectivity index is 2.44. The van der Waals surface area contributed by atoms with Gasteiger partial charge >= 0.3 is 0 Å². The molecule has 1 aromatic rings. The number of aliphatic hydroxyl groups excluding tert-OH is 1. The molecule has 4 heteroatoms. The third kappa shape index (κ3) is 4.00. The van der Waals surface area contributed by atoms with Crippen LogP contribution in [0, 0.1) is 0 Å². The molecule has 16 heavy (non-hydrogen) atoms. The monoisotopic (exact) mass is 222 g/mol. The van der Waals surface area contributed by atoms with Gasteiger partial charge in [0.15, 0.2) is 0 Å². The maximum absolute atomic E-state index is 11.1. The van der Waals surface area contributed by atoms with E-state index in [-0.39, 0.29) is 6.61 Å². The molecule has 1 rings (SSSR count). The number of benzene rings is 1. The molecule has 0 unspecified atom stereocenters. The Morgan fingerprint density at radius 3 is 2.75 bits per heavy atom. The Hall–Kier alpha value is -1.39. The zero-order valence-electron chi connectivity index (χ0n) is 9.28.